The third-order valence-corrected chi connectivity index (χ3v) is 2.61. The van der Waals surface area contributed by atoms with E-state index in [1.165, 1.54) is 6.39 Å². The van der Waals surface area contributed by atoms with Crippen LogP contribution in [0.5, 0.6) is 0 Å². The molecule has 5 heteroatoms. The van der Waals surface area contributed by atoms with Crippen molar-refractivity contribution in [2.24, 2.45) is 0 Å². The lowest BCUT2D eigenvalue weighted by Gasteiger charge is -1.99. The highest BCUT2D eigenvalue weighted by molar-refractivity contribution is 9.11. The fourth-order valence-corrected chi connectivity index (χ4v) is 2.55. The normalized spacial score (nSPS) is 10.4. The molecule has 0 atom stereocenters. The molecule has 0 aliphatic heterocycles. The molecule has 0 saturated heterocycles. The van der Waals surface area contributed by atoms with E-state index in [0.29, 0.717) is 12.2 Å². The van der Waals surface area contributed by atoms with E-state index < -0.39 is 0 Å². The SMILES string of the molecule is Brc1cc(Br)cc(Cc2ncon2)c1. The first kappa shape index (κ1) is 9.86. The smallest absolute Gasteiger partial charge is 0.213 e. The Balaban J connectivity index is 2.25. The quantitative estimate of drug-likeness (QED) is 0.854. The van der Waals surface area contributed by atoms with Crippen LogP contribution in [-0.2, 0) is 6.42 Å². The zero-order chi connectivity index (χ0) is 9.97. The molecule has 0 unspecified atom stereocenters. The van der Waals surface area contributed by atoms with Crippen LogP contribution in [0.4, 0.5) is 0 Å². The first-order valence-electron chi connectivity index (χ1n) is 3.94. The zero-order valence-electron chi connectivity index (χ0n) is 7.08. The highest BCUT2D eigenvalue weighted by Crippen LogP contribution is 2.21. The van der Waals surface area contributed by atoms with Crippen LogP contribution in [0.1, 0.15) is 11.4 Å². The van der Waals surface area contributed by atoms with Crippen molar-refractivity contribution in [3.63, 3.8) is 0 Å². The van der Waals surface area contributed by atoms with Gasteiger partial charge in [0.1, 0.15) is 0 Å². The average molecular weight is 318 g/mol. The molecule has 0 radical (unpaired) electrons. The summed E-state index contributed by atoms with van der Waals surface area (Å²) in [5.41, 5.74) is 1.13. The van der Waals surface area contributed by atoms with E-state index in [4.69, 9.17) is 0 Å². The molecule has 14 heavy (non-hydrogen) atoms. The van der Waals surface area contributed by atoms with Gasteiger partial charge in [-0.1, -0.05) is 37.0 Å². The van der Waals surface area contributed by atoms with Crippen molar-refractivity contribution in [3.05, 3.63) is 44.9 Å². The number of benzene rings is 1. The Kier molecular flexibility index (Phi) is 2.98. The molecule has 72 valence electrons. The first-order valence-corrected chi connectivity index (χ1v) is 5.53. The fourth-order valence-electron chi connectivity index (χ4n) is 1.17. The van der Waals surface area contributed by atoms with E-state index in [2.05, 4.69) is 46.5 Å². The highest BCUT2D eigenvalue weighted by atomic mass is 79.9. The second-order valence-electron chi connectivity index (χ2n) is 2.80. The highest BCUT2D eigenvalue weighted by Gasteiger charge is 2.02. The van der Waals surface area contributed by atoms with Crippen molar-refractivity contribution < 1.29 is 4.52 Å². The van der Waals surface area contributed by atoms with Crippen LogP contribution in [0, 0.1) is 0 Å². The molecule has 0 amide bonds. The van der Waals surface area contributed by atoms with E-state index in [-0.39, 0.29) is 0 Å². The molecule has 2 rings (SSSR count). The molecule has 0 N–H and O–H groups in total. The van der Waals surface area contributed by atoms with E-state index >= 15 is 0 Å². The third-order valence-electron chi connectivity index (χ3n) is 1.69. The number of hydrogen-bond acceptors (Lipinski definition) is 3. The van der Waals surface area contributed by atoms with Crippen LogP contribution in [0.2, 0.25) is 0 Å². The van der Waals surface area contributed by atoms with Gasteiger partial charge in [-0.15, -0.1) is 0 Å². The number of rotatable bonds is 2. The van der Waals surface area contributed by atoms with Crippen LogP contribution in [0.15, 0.2) is 38.1 Å². The summed E-state index contributed by atoms with van der Waals surface area (Å²) in [6.07, 6.45) is 2.01. The van der Waals surface area contributed by atoms with Crippen molar-refractivity contribution in [1.29, 1.82) is 0 Å². The number of halogens is 2. The lowest BCUT2D eigenvalue weighted by atomic mass is 10.1. The second kappa shape index (κ2) is 4.23. The third kappa shape index (κ3) is 2.42. The van der Waals surface area contributed by atoms with Gasteiger partial charge in [-0.05, 0) is 23.8 Å². The zero-order valence-corrected chi connectivity index (χ0v) is 10.2. The van der Waals surface area contributed by atoms with Gasteiger partial charge in [0.15, 0.2) is 5.82 Å². The Bertz CT molecular complexity index is 408. The summed E-state index contributed by atoms with van der Waals surface area (Å²) in [7, 11) is 0. The van der Waals surface area contributed by atoms with Gasteiger partial charge in [0, 0.05) is 15.4 Å². The van der Waals surface area contributed by atoms with E-state index in [1.54, 1.807) is 0 Å². The Morgan fingerprint density at radius 2 is 1.86 bits per heavy atom. The van der Waals surface area contributed by atoms with Gasteiger partial charge < -0.3 is 4.52 Å². The largest absolute Gasteiger partial charge is 0.343 e. The topological polar surface area (TPSA) is 38.9 Å². The summed E-state index contributed by atoms with van der Waals surface area (Å²) < 4.78 is 6.73. The molecule has 2 aromatic rings. The van der Waals surface area contributed by atoms with Crippen LogP contribution >= 0.6 is 31.9 Å². The molecule has 1 aromatic heterocycles. The molecular formula is C9H6Br2N2O. The molecular weight excluding hydrogens is 312 g/mol. The van der Waals surface area contributed by atoms with E-state index in [9.17, 15) is 0 Å². The molecule has 0 aliphatic carbocycles. The minimum Gasteiger partial charge on any atom is -0.343 e. The van der Waals surface area contributed by atoms with Gasteiger partial charge in [0.2, 0.25) is 6.39 Å². The van der Waals surface area contributed by atoms with Gasteiger partial charge >= 0.3 is 0 Å². The number of aromatic nitrogens is 2. The summed E-state index contributed by atoms with van der Waals surface area (Å²) in [6.45, 7) is 0. The van der Waals surface area contributed by atoms with Crippen LogP contribution in [0.3, 0.4) is 0 Å². The number of hydrogen-bond donors (Lipinski definition) is 0. The Morgan fingerprint density at radius 1 is 1.14 bits per heavy atom. The second-order valence-corrected chi connectivity index (χ2v) is 4.63. The van der Waals surface area contributed by atoms with Gasteiger partial charge in [-0.2, -0.15) is 4.98 Å². The molecule has 3 nitrogen and oxygen atoms in total. The van der Waals surface area contributed by atoms with E-state index in [0.717, 1.165) is 14.5 Å². The monoisotopic (exact) mass is 316 g/mol. The van der Waals surface area contributed by atoms with Gasteiger partial charge in [-0.25, -0.2) is 0 Å². The van der Waals surface area contributed by atoms with Crippen molar-refractivity contribution >= 4 is 31.9 Å². The minimum atomic E-state index is 0.675. The summed E-state index contributed by atoms with van der Waals surface area (Å²) in [5.74, 6) is 0.690. The molecule has 0 aliphatic rings. The Morgan fingerprint density at radius 3 is 2.43 bits per heavy atom. The maximum atomic E-state index is 4.66. The summed E-state index contributed by atoms with van der Waals surface area (Å²) >= 11 is 6.85. The van der Waals surface area contributed by atoms with E-state index in [1.807, 2.05) is 18.2 Å². The van der Waals surface area contributed by atoms with Crippen LogP contribution in [-0.4, -0.2) is 10.1 Å². The summed E-state index contributed by atoms with van der Waals surface area (Å²) in [5, 5.41) is 3.75. The van der Waals surface area contributed by atoms with Gasteiger partial charge in [0.25, 0.3) is 0 Å². The standard InChI is InChI=1S/C9H6Br2N2O/c10-7-1-6(2-8(11)4-7)3-9-12-5-14-13-9/h1-2,4-5H,3H2. The summed E-state index contributed by atoms with van der Waals surface area (Å²) in [4.78, 5) is 3.96. The Hall–Kier alpha value is -0.680. The van der Waals surface area contributed by atoms with Gasteiger partial charge in [-0.3, -0.25) is 0 Å². The van der Waals surface area contributed by atoms with Crippen molar-refractivity contribution in [1.82, 2.24) is 10.1 Å². The molecule has 0 saturated carbocycles. The predicted octanol–water partition coefficient (Wildman–Crippen LogP) is 3.19. The van der Waals surface area contributed by atoms with Crippen molar-refractivity contribution in [3.8, 4) is 0 Å². The Labute approximate surface area is 97.8 Å². The minimum absolute atomic E-state index is 0.675. The maximum Gasteiger partial charge on any atom is 0.213 e. The predicted molar refractivity (Wildman–Crippen MR) is 58.9 cm³/mol. The van der Waals surface area contributed by atoms with Crippen molar-refractivity contribution in [2.45, 2.75) is 6.42 Å². The number of nitrogens with zero attached hydrogens (tertiary/aromatic N) is 2. The fraction of sp³-hybridized carbons (Fsp3) is 0.111. The molecule has 0 fully saturated rings. The lowest BCUT2D eigenvalue weighted by molar-refractivity contribution is 0.411. The average Bonchev–Trinajstić information content (AvgIpc) is 2.54. The molecule has 0 bridgehead atoms. The van der Waals surface area contributed by atoms with Gasteiger partial charge in [0.05, 0.1) is 0 Å². The molecule has 1 heterocycles. The lowest BCUT2D eigenvalue weighted by Crippen LogP contribution is -1.90. The van der Waals surface area contributed by atoms with Crippen LogP contribution in [0.25, 0.3) is 0 Å². The summed E-state index contributed by atoms with van der Waals surface area (Å²) in [6, 6.07) is 6.04. The van der Waals surface area contributed by atoms with Crippen LogP contribution < -0.4 is 0 Å². The van der Waals surface area contributed by atoms with Crippen molar-refractivity contribution in [2.75, 3.05) is 0 Å². The first-order chi connectivity index (χ1) is 6.74. The maximum absolute atomic E-state index is 4.66. The molecule has 0 spiro atoms. The molecule has 1 aromatic carbocycles.